The highest BCUT2D eigenvalue weighted by Gasteiger charge is 2.22. The van der Waals surface area contributed by atoms with Crippen LogP contribution in [-0.4, -0.2) is 11.5 Å². The molecule has 0 bridgehead atoms. The van der Waals surface area contributed by atoms with Crippen LogP contribution in [0.5, 0.6) is 5.75 Å². The fraction of sp³-hybridized carbons (Fsp3) is 0.250. The molecular formula is C8H7ClF3NO. The van der Waals surface area contributed by atoms with E-state index in [0.29, 0.717) is 0 Å². The van der Waals surface area contributed by atoms with Crippen LogP contribution in [0.15, 0.2) is 12.1 Å². The van der Waals surface area contributed by atoms with Crippen molar-refractivity contribution in [3.05, 3.63) is 28.5 Å². The number of phenolic OH excluding ortho intramolecular Hbond substituents is 1. The SMILES string of the molecule is NC(c1cc(F)cc(Cl)c1O)C(F)F. The van der Waals surface area contributed by atoms with Gasteiger partial charge in [0.1, 0.15) is 11.6 Å². The highest BCUT2D eigenvalue weighted by atomic mass is 35.5. The third kappa shape index (κ3) is 2.10. The molecule has 0 aliphatic heterocycles. The van der Waals surface area contributed by atoms with E-state index in [4.69, 9.17) is 17.3 Å². The van der Waals surface area contributed by atoms with E-state index in [1.807, 2.05) is 0 Å². The van der Waals surface area contributed by atoms with Crippen molar-refractivity contribution in [3.8, 4) is 5.75 Å². The summed E-state index contributed by atoms with van der Waals surface area (Å²) >= 11 is 5.38. The molecule has 0 aliphatic rings. The van der Waals surface area contributed by atoms with Gasteiger partial charge in [0, 0.05) is 5.56 Å². The van der Waals surface area contributed by atoms with Crippen LogP contribution in [0.3, 0.4) is 0 Å². The normalized spacial score (nSPS) is 13.3. The van der Waals surface area contributed by atoms with Crippen LogP contribution < -0.4 is 5.73 Å². The molecule has 0 amide bonds. The zero-order chi connectivity index (χ0) is 10.9. The molecule has 1 unspecified atom stereocenters. The van der Waals surface area contributed by atoms with Gasteiger partial charge in [-0.2, -0.15) is 0 Å². The molecule has 0 spiro atoms. The summed E-state index contributed by atoms with van der Waals surface area (Å²) in [5, 5.41) is 8.89. The van der Waals surface area contributed by atoms with Gasteiger partial charge in [-0.05, 0) is 12.1 Å². The van der Waals surface area contributed by atoms with Crippen LogP contribution in [-0.2, 0) is 0 Å². The molecule has 1 aromatic carbocycles. The van der Waals surface area contributed by atoms with Gasteiger partial charge < -0.3 is 10.8 Å². The zero-order valence-corrected chi connectivity index (χ0v) is 7.60. The Morgan fingerprint density at radius 3 is 2.43 bits per heavy atom. The Balaban J connectivity index is 3.20. The van der Waals surface area contributed by atoms with E-state index in [9.17, 15) is 18.3 Å². The van der Waals surface area contributed by atoms with E-state index >= 15 is 0 Å². The Morgan fingerprint density at radius 2 is 1.93 bits per heavy atom. The molecular weight excluding hydrogens is 219 g/mol. The van der Waals surface area contributed by atoms with Crippen LogP contribution >= 0.6 is 11.6 Å². The fourth-order valence-electron chi connectivity index (χ4n) is 0.976. The van der Waals surface area contributed by atoms with Gasteiger partial charge in [-0.15, -0.1) is 0 Å². The minimum Gasteiger partial charge on any atom is -0.506 e. The first kappa shape index (κ1) is 11.1. The van der Waals surface area contributed by atoms with Gasteiger partial charge in [0.15, 0.2) is 0 Å². The molecule has 1 atom stereocenters. The van der Waals surface area contributed by atoms with Crippen molar-refractivity contribution in [2.24, 2.45) is 5.73 Å². The third-order valence-corrected chi connectivity index (χ3v) is 1.98. The van der Waals surface area contributed by atoms with Crippen molar-refractivity contribution in [3.63, 3.8) is 0 Å². The maximum Gasteiger partial charge on any atom is 0.257 e. The molecule has 0 aromatic heterocycles. The van der Waals surface area contributed by atoms with Crippen LogP contribution in [0.4, 0.5) is 13.2 Å². The summed E-state index contributed by atoms with van der Waals surface area (Å²) in [6, 6.07) is -0.195. The molecule has 0 fully saturated rings. The Kier molecular flexibility index (Phi) is 3.23. The average molecular weight is 226 g/mol. The number of benzene rings is 1. The molecule has 1 rings (SSSR count). The molecule has 0 aliphatic carbocycles. The minimum absolute atomic E-state index is 0.337. The highest BCUT2D eigenvalue weighted by molar-refractivity contribution is 6.32. The number of halogens is 4. The highest BCUT2D eigenvalue weighted by Crippen LogP contribution is 2.33. The Hall–Kier alpha value is -0.940. The van der Waals surface area contributed by atoms with Crippen molar-refractivity contribution < 1.29 is 18.3 Å². The first-order valence-corrected chi connectivity index (χ1v) is 4.03. The first-order chi connectivity index (χ1) is 6.43. The number of hydrogen-bond acceptors (Lipinski definition) is 2. The van der Waals surface area contributed by atoms with Crippen LogP contribution in [0, 0.1) is 5.82 Å². The number of nitrogens with two attached hydrogens (primary N) is 1. The topological polar surface area (TPSA) is 46.2 Å². The predicted octanol–water partition coefficient (Wildman–Crippen LogP) is 2.45. The molecule has 0 radical (unpaired) electrons. The molecule has 14 heavy (non-hydrogen) atoms. The van der Waals surface area contributed by atoms with Gasteiger partial charge >= 0.3 is 0 Å². The van der Waals surface area contributed by atoms with E-state index in [2.05, 4.69) is 0 Å². The molecule has 1 aromatic rings. The van der Waals surface area contributed by atoms with Gasteiger partial charge in [0.25, 0.3) is 6.43 Å². The van der Waals surface area contributed by atoms with E-state index in [1.54, 1.807) is 0 Å². The largest absolute Gasteiger partial charge is 0.506 e. The van der Waals surface area contributed by atoms with Crippen LogP contribution in [0.2, 0.25) is 5.02 Å². The minimum atomic E-state index is -2.89. The predicted molar refractivity (Wildman–Crippen MR) is 46.0 cm³/mol. The van der Waals surface area contributed by atoms with Crippen LogP contribution in [0.25, 0.3) is 0 Å². The van der Waals surface area contributed by atoms with Crippen molar-refractivity contribution in [2.45, 2.75) is 12.5 Å². The van der Waals surface area contributed by atoms with Gasteiger partial charge in [-0.25, -0.2) is 13.2 Å². The van der Waals surface area contributed by atoms with Gasteiger partial charge in [0.05, 0.1) is 11.1 Å². The molecule has 78 valence electrons. The smallest absolute Gasteiger partial charge is 0.257 e. The second kappa shape index (κ2) is 4.06. The van der Waals surface area contributed by atoms with Crippen molar-refractivity contribution in [1.29, 1.82) is 0 Å². The van der Waals surface area contributed by atoms with E-state index < -0.39 is 29.6 Å². The second-order valence-corrected chi connectivity index (χ2v) is 3.09. The standard InChI is InChI=1S/C8H7ClF3NO/c9-5-2-3(10)1-4(7(5)14)6(13)8(11)12/h1-2,6,8,14H,13H2. The number of phenols is 1. The van der Waals surface area contributed by atoms with Crippen molar-refractivity contribution in [1.82, 2.24) is 0 Å². The summed E-state index contributed by atoms with van der Waals surface area (Å²) < 4.78 is 37.0. The quantitative estimate of drug-likeness (QED) is 0.812. The molecule has 0 saturated heterocycles. The second-order valence-electron chi connectivity index (χ2n) is 2.69. The Labute approximate surface area is 83.1 Å². The molecule has 0 heterocycles. The number of alkyl halides is 2. The van der Waals surface area contributed by atoms with Crippen LogP contribution in [0.1, 0.15) is 11.6 Å². The summed E-state index contributed by atoms with van der Waals surface area (Å²) in [5.41, 5.74) is 4.64. The number of hydrogen-bond donors (Lipinski definition) is 2. The monoisotopic (exact) mass is 225 g/mol. The molecule has 2 nitrogen and oxygen atoms in total. The summed E-state index contributed by atoms with van der Waals surface area (Å²) in [4.78, 5) is 0. The maximum atomic E-state index is 12.7. The zero-order valence-electron chi connectivity index (χ0n) is 6.85. The maximum absolute atomic E-state index is 12.7. The van der Waals surface area contributed by atoms with E-state index in [1.165, 1.54) is 0 Å². The summed E-state index contributed by atoms with van der Waals surface area (Å²) in [6.45, 7) is 0. The summed E-state index contributed by atoms with van der Waals surface area (Å²) in [5.74, 6) is -1.43. The van der Waals surface area contributed by atoms with E-state index in [0.717, 1.165) is 12.1 Å². The number of aromatic hydroxyl groups is 1. The molecule has 0 saturated carbocycles. The van der Waals surface area contributed by atoms with Gasteiger partial charge in [-0.3, -0.25) is 0 Å². The van der Waals surface area contributed by atoms with E-state index in [-0.39, 0.29) is 5.02 Å². The third-order valence-electron chi connectivity index (χ3n) is 1.69. The fourth-order valence-corrected chi connectivity index (χ4v) is 1.19. The Bertz CT molecular complexity index is 346. The van der Waals surface area contributed by atoms with Crippen molar-refractivity contribution >= 4 is 11.6 Å². The lowest BCUT2D eigenvalue weighted by Gasteiger charge is -2.13. The number of rotatable bonds is 2. The average Bonchev–Trinajstić information content (AvgIpc) is 2.09. The lowest BCUT2D eigenvalue weighted by Crippen LogP contribution is -2.19. The lowest BCUT2D eigenvalue weighted by molar-refractivity contribution is 0.115. The van der Waals surface area contributed by atoms with Crippen molar-refractivity contribution in [2.75, 3.05) is 0 Å². The Morgan fingerprint density at radius 1 is 1.36 bits per heavy atom. The summed E-state index contributed by atoms with van der Waals surface area (Å²) in [6.07, 6.45) is -2.89. The molecule has 6 heteroatoms. The lowest BCUT2D eigenvalue weighted by atomic mass is 10.1. The van der Waals surface area contributed by atoms with Gasteiger partial charge in [-0.1, -0.05) is 11.6 Å². The summed E-state index contributed by atoms with van der Waals surface area (Å²) in [7, 11) is 0. The van der Waals surface area contributed by atoms with Gasteiger partial charge in [0.2, 0.25) is 0 Å². The molecule has 3 N–H and O–H groups in total. The first-order valence-electron chi connectivity index (χ1n) is 3.65.